The second kappa shape index (κ2) is 9.78. The van der Waals surface area contributed by atoms with Crippen LogP contribution in [0.15, 0.2) is 66.7 Å². The average molecular weight is 433 g/mol. The van der Waals surface area contributed by atoms with Crippen molar-refractivity contribution < 1.29 is 18.7 Å². The molecule has 8 nitrogen and oxygen atoms in total. The first-order valence-electron chi connectivity index (χ1n) is 10.1. The van der Waals surface area contributed by atoms with Crippen LogP contribution in [0.3, 0.4) is 0 Å². The van der Waals surface area contributed by atoms with Crippen LogP contribution in [0, 0.1) is 5.82 Å². The van der Waals surface area contributed by atoms with Gasteiger partial charge in [0.15, 0.2) is 17.3 Å². The van der Waals surface area contributed by atoms with Gasteiger partial charge in [-0.1, -0.05) is 42.5 Å². The minimum absolute atomic E-state index is 0.0717. The number of nitrogens with one attached hydrogen (secondary N) is 1. The van der Waals surface area contributed by atoms with Gasteiger partial charge in [0.2, 0.25) is 11.8 Å². The Morgan fingerprint density at radius 2 is 1.81 bits per heavy atom. The molecule has 0 spiro atoms. The number of halogens is 1. The summed E-state index contributed by atoms with van der Waals surface area (Å²) in [6, 6.07) is 18.2. The van der Waals surface area contributed by atoms with E-state index in [-0.39, 0.29) is 43.5 Å². The number of Topliss-reactive ketones (excluding diaryl/α,β-unsaturated/α-hetero) is 1. The Morgan fingerprint density at radius 1 is 0.969 bits per heavy atom. The molecule has 0 saturated carbocycles. The van der Waals surface area contributed by atoms with Crippen LogP contribution in [0.2, 0.25) is 0 Å². The van der Waals surface area contributed by atoms with Gasteiger partial charge in [-0.25, -0.2) is 4.39 Å². The van der Waals surface area contributed by atoms with E-state index in [1.165, 1.54) is 16.6 Å². The van der Waals surface area contributed by atoms with E-state index < -0.39 is 0 Å². The first-order chi connectivity index (χ1) is 15.6. The van der Waals surface area contributed by atoms with Gasteiger partial charge in [-0.3, -0.25) is 9.59 Å². The van der Waals surface area contributed by atoms with E-state index in [1.54, 1.807) is 48.5 Å². The summed E-state index contributed by atoms with van der Waals surface area (Å²) in [7, 11) is 0. The summed E-state index contributed by atoms with van der Waals surface area (Å²) in [4.78, 5) is 24.0. The fourth-order valence-electron chi connectivity index (χ4n) is 3.09. The van der Waals surface area contributed by atoms with Crippen LogP contribution in [0.25, 0.3) is 17.0 Å². The molecule has 2 aromatic carbocycles. The molecule has 0 radical (unpaired) electrons. The Kier molecular flexibility index (Phi) is 6.45. The molecule has 0 aliphatic rings. The highest BCUT2D eigenvalue weighted by Gasteiger charge is 2.12. The van der Waals surface area contributed by atoms with Gasteiger partial charge in [0.1, 0.15) is 12.4 Å². The van der Waals surface area contributed by atoms with Crippen molar-refractivity contribution in [1.29, 1.82) is 0 Å². The topological polar surface area (TPSA) is 98.5 Å². The van der Waals surface area contributed by atoms with Crippen LogP contribution < -0.4 is 10.1 Å². The van der Waals surface area contributed by atoms with E-state index in [2.05, 4.69) is 20.6 Å². The average Bonchev–Trinajstić information content (AvgIpc) is 3.24. The van der Waals surface area contributed by atoms with Crippen molar-refractivity contribution in [3.63, 3.8) is 0 Å². The van der Waals surface area contributed by atoms with E-state index in [0.717, 1.165) is 0 Å². The number of ether oxygens (including phenoxy) is 1. The lowest BCUT2D eigenvalue weighted by Crippen LogP contribution is -2.28. The molecule has 0 aliphatic heterocycles. The van der Waals surface area contributed by atoms with Crippen molar-refractivity contribution in [2.24, 2.45) is 0 Å². The lowest BCUT2D eigenvalue weighted by atomic mass is 10.1. The molecule has 2 heterocycles. The summed E-state index contributed by atoms with van der Waals surface area (Å²) in [6.07, 6.45) is 0.251. The predicted molar refractivity (Wildman–Crippen MR) is 115 cm³/mol. The number of amides is 1. The van der Waals surface area contributed by atoms with Gasteiger partial charge in [-0.2, -0.15) is 4.52 Å². The number of nitrogens with zero attached hydrogens (tertiary/aromatic N) is 4. The van der Waals surface area contributed by atoms with Crippen molar-refractivity contribution in [3.05, 3.63) is 78.1 Å². The molecular weight excluding hydrogens is 413 g/mol. The number of hydrogen-bond acceptors (Lipinski definition) is 6. The van der Waals surface area contributed by atoms with Gasteiger partial charge >= 0.3 is 0 Å². The van der Waals surface area contributed by atoms with E-state index in [9.17, 15) is 14.0 Å². The molecule has 162 valence electrons. The minimum Gasteiger partial charge on any atom is -0.475 e. The Labute approximate surface area is 183 Å². The van der Waals surface area contributed by atoms with Crippen LogP contribution in [0.4, 0.5) is 4.39 Å². The summed E-state index contributed by atoms with van der Waals surface area (Å²) in [5, 5.41) is 15.2. The molecule has 1 amide bonds. The van der Waals surface area contributed by atoms with E-state index in [4.69, 9.17) is 4.74 Å². The third-order valence-corrected chi connectivity index (χ3v) is 4.67. The zero-order chi connectivity index (χ0) is 22.3. The first kappa shape index (κ1) is 21.1. The molecule has 2 aromatic heterocycles. The van der Waals surface area contributed by atoms with E-state index in [0.29, 0.717) is 28.5 Å². The fourth-order valence-corrected chi connectivity index (χ4v) is 3.09. The number of aromatic nitrogens is 4. The summed E-state index contributed by atoms with van der Waals surface area (Å²) in [5.41, 5.74) is 1.63. The van der Waals surface area contributed by atoms with Crippen molar-refractivity contribution in [3.8, 4) is 17.3 Å². The zero-order valence-electron chi connectivity index (χ0n) is 17.1. The number of hydrogen-bond donors (Lipinski definition) is 1. The molecule has 0 unspecified atom stereocenters. The third-order valence-electron chi connectivity index (χ3n) is 4.67. The number of fused-ring (bicyclic) bond motifs is 1. The predicted octanol–water partition coefficient (Wildman–Crippen LogP) is 3.09. The molecule has 0 bridgehead atoms. The molecule has 32 heavy (non-hydrogen) atoms. The standard InChI is InChI=1S/C23H20FN5O3/c24-18-8-4-7-17(15-18)23-27-26-20-10-12-22(28-29(20)23)32-14-13-25-21(31)11-9-19(30)16-5-2-1-3-6-16/h1-8,10,12,15H,9,11,13-14H2,(H,25,31). The number of carbonyl (C=O) groups is 2. The van der Waals surface area contributed by atoms with Gasteiger partial charge in [0.25, 0.3) is 0 Å². The Balaban J connectivity index is 1.28. The molecule has 0 saturated heterocycles. The third kappa shape index (κ3) is 5.12. The summed E-state index contributed by atoms with van der Waals surface area (Å²) >= 11 is 0. The second-order valence-electron chi connectivity index (χ2n) is 6.96. The second-order valence-corrected chi connectivity index (χ2v) is 6.96. The first-order valence-corrected chi connectivity index (χ1v) is 10.1. The van der Waals surface area contributed by atoms with Crippen LogP contribution in [-0.2, 0) is 4.79 Å². The van der Waals surface area contributed by atoms with Crippen LogP contribution >= 0.6 is 0 Å². The number of benzene rings is 2. The van der Waals surface area contributed by atoms with Crippen LogP contribution in [-0.4, -0.2) is 44.7 Å². The highest BCUT2D eigenvalue weighted by atomic mass is 19.1. The number of carbonyl (C=O) groups excluding carboxylic acids is 2. The molecule has 4 aromatic rings. The van der Waals surface area contributed by atoms with Crippen molar-refractivity contribution in [2.75, 3.05) is 13.2 Å². The summed E-state index contributed by atoms with van der Waals surface area (Å²) in [6.45, 7) is 0.450. The molecular formula is C23H20FN5O3. The lowest BCUT2D eigenvalue weighted by Gasteiger charge is -2.08. The van der Waals surface area contributed by atoms with Gasteiger partial charge in [-0.05, 0) is 18.2 Å². The summed E-state index contributed by atoms with van der Waals surface area (Å²) in [5.74, 6) is 0.0173. The quantitative estimate of drug-likeness (QED) is 0.322. The maximum absolute atomic E-state index is 13.5. The maximum atomic E-state index is 13.5. The monoisotopic (exact) mass is 433 g/mol. The van der Waals surface area contributed by atoms with Crippen molar-refractivity contribution >= 4 is 17.3 Å². The maximum Gasteiger partial charge on any atom is 0.231 e. The van der Waals surface area contributed by atoms with Gasteiger partial charge in [0, 0.05) is 30.0 Å². The number of ketones is 1. The highest BCUT2D eigenvalue weighted by molar-refractivity contribution is 5.97. The van der Waals surface area contributed by atoms with E-state index in [1.807, 2.05) is 6.07 Å². The molecule has 4 rings (SSSR count). The molecule has 0 aliphatic carbocycles. The molecule has 1 N–H and O–H groups in total. The smallest absolute Gasteiger partial charge is 0.231 e. The van der Waals surface area contributed by atoms with Gasteiger partial charge < -0.3 is 10.1 Å². The Morgan fingerprint density at radius 3 is 2.62 bits per heavy atom. The normalized spacial score (nSPS) is 10.8. The fraction of sp³-hybridized carbons (Fsp3) is 0.174. The highest BCUT2D eigenvalue weighted by Crippen LogP contribution is 2.19. The minimum atomic E-state index is -0.382. The van der Waals surface area contributed by atoms with E-state index >= 15 is 0 Å². The zero-order valence-corrected chi connectivity index (χ0v) is 17.1. The summed E-state index contributed by atoms with van der Waals surface area (Å²) < 4.78 is 20.6. The SMILES string of the molecule is O=C(CCC(=O)c1ccccc1)NCCOc1ccc2nnc(-c3cccc(F)c3)n2n1. The van der Waals surface area contributed by atoms with Gasteiger partial charge in [0.05, 0.1) is 6.54 Å². The van der Waals surface area contributed by atoms with Crippen LogP contribution in [0.5, 0.6) is 5.88 Å². The molecule has 0 fully saturated rings. The lowest BCUT2D eigenvalue weighted by molar-refractivity contribution is -0.121. The number of rotatable bonds is 9. The van der Waals surface area contributed by atoms with Crippen molar-refractivity contribution in [2.45, 2.75) is 12.8 Å². The largest absolute Gasteiger partial charge is 0.475 e. The van der Waals surface area contributed by atoms with Crippen molar-refractivity contribution in [1.82, 2.24) is 25.1 Å². The molecule has 9 heteroatoms. The Bertz CT molecular complexity index is 1240. The van der Waals surface area contributed by atoms with Gasteiger partial charge in [-0.15, -0.1) is 15.3 Å². The van der Waals surface area contributed by atoms with Crippen LogP contribution in [0.1, 0.15) is 23.2 Å². The molecule has 0 atom stereocenters. The Hall–Kier alpha value is -4.14.